The summed E-state index contributed by atoms with van der Waals surface area (Å²) in [6, 6.07) is 13.5. The Morgan fingerprint density at radius 2 is 1.76 bits per heavy atom. The Hall–Kier alpha value is -2.28. The number of likely N-dealkylation sites (tertiary alicyclic amines) is 1. The smallest absolute Gasteiger partial charge is 0.127 e. The lowest BCUT2D eigenvalue weighted by Crippen LogP contribution is -2.37. The minimum absolute atomic E-state index is 0.316. The second-order valence-corrected chi connectivity index (χ2v) is 9.60. The predicted octanol–water partition coefficient (Wildman–Crippen LogP) is 4.75. The Morgan fingerprint density at radius 1 is 0.970 bits per heavy atom. The third-order valence-electron chi connectivity index (χ3n) is 7.50. The zero-order valence-electron chi connectivity index (χ0n) is 20.1. The molecule has 0 N–H and O–H groups in total. The average molecular weight is 448 g/mol. The normalized spacial score (nSPS) is 22.7. The quantitative estimate of drug-likeness (QED) is 0.489. The molecule has 6 heteroatoms. The Balaban J connectivity index is 1.36. The molecule has 0 unspecified atom stereocenters. The van der Waals surface area contributed by atoms with Gasteiger partial charge in [0.1, 0.15) is 5.82 Å². The van der Waals surface area contributed by atoms with Crippen molar-refractivity contribution in [3.05, 3.63) is 59.7 Å². The van der Waals surface area contributed by atoms with E-state index in [0.29, 0.717) is 12.1 Å². The minimum atomic E-state index is 0.316. The lowest BCUT2D eigenvalue weighted by atomic mass is 9.92. The van der Waals surface area contributed by atoms with E-state index in [-0.39, 0.29) is 0 Å². The van der Waals surface area contributed by atoms with Crippen molar-refractivity contribution in [1.29, 1.82) is 0 Å². The van der Waals surface area contributed by atoms with Gasteiger partial charge in [-0.25, -0.2) is 4.98 Å². The summed E-state index contributed by atoms with van der Waals surface area (Å²) in [7, 11) is 2.27. The maximum absolute atomic E-state index is 5.49. The second-order valence-electron chi connectivity index (χ2n) is 9.60. The molecule has 6 nitrogen and oxygen atoms in total. The molecule has 0 radical (unpaired) electrons. The summed E-state index contributed by atoms with van der Waals surface area (Å²) in [4.78, 5) is 15.0. The molecule has 1 aromatic carbocycles. The zero-order valence-corrected chi connectivity index (χ0v) is 20.1. The molecule has 2 aliphatic rings. The second kappa shape index (κ2) is 10.3. The molecule has 2 aliphatic heterocycles. The number of para-hydroxylation sites is 2. The van der Waals surface area contributed by atoms with Crippen LogP contribution in [0.5, 0.6) is 0 Å². The molecule has 0 spiro atoms. The molecule has 0 bridgehead atoms. The van der Waals surface area contributed by atoms with E-state index in [1.807, 2.05) is 12.3 Å². The van der Waals surface area contributed by atoms with E-state index in [1.165, 1.54) is 41.9 Å². The van der Waals surface area contributed by atoms with Crippen molar-refractivity contribution >= 4 is 11.0 Å². The molecule has 33 heavy (non-hydrogen) atoms. The van der Waals surface area contributed by atoms with E-state index in [1.54, 1.807) is 0 Å². The first-order valence-corrected chi connectivity index (χ1v) is 12.6. The molecule has 2 atom stereocenters. The van der Waals surface area contributed by atoms with Gasteiger partial charge in [-0.2, -0.15) is 0 Å². The number of nitrogens with zero attached hydrogens (tertiary/aromatic N) is 5. The number of aryl methyl sites for hydroxylation is 2. The summed E-state index contributed by atoms with van der Waals surface area (Å²) in [5.41, 5.74) is 4.89. The Morgan fingerprint density at radius 3 is 2.61 bits per heavy atom. The monoisotopic (exact) mass is 447 g/mol. The van der Waals surface area contributed by atoms with Crippen molar-refractivity contribution in [2.24, 2.45) is 0 Å². The fraction of sp³-hybridized carbons (Fsp3) is 0.556. The number of ether oxygens (including phenoxy) is 1. The van der Waals surface area contributed by atoms with Crippen LogP contribution in [0.2, 0.25) is 0 Å². The van der Waals surface area contributed by atoms with Gasteiger partial charge in [0.2, 0.25) is 0 Å². The van der Waals surface area contributed by atoms with Gasteiger partial charge in [-0.05, 0) is 76.4 Å². The van der Waals surface area contributed by atoms with E-state index >= 15 is 0 Å². The van der Waals surface area contributed by atoms with Gasteiger partial charge >= 0.3 is 0 Å². The summed E-state index contributed by atoms with van der Waals surface area (Å²) < 4.78 is 7.99. The van der Waals surface area contributed by atoms with Crippen LogP contribution in [0.4, 0.5) is 0 Å². The van der Waals surface area contributed by atoms with Gasteiger partial charge in [0.15, 0.2) is 0 Å². The molecule has 2 saturated heterocycles. The van der Waals surface area contributed by atoms with E-state index < -0.39 is 0 Å². The van der Waals surface area contributed by atoms with Gasteiger partial charge in [-0.1, -0.05) is 18.2 Å². The van der Waals surface area contributed by atoms with Crippen molar-refractivity contribution in [2.75, 3.05) is 39.9 Å². The molecular formula is C27H37N5O. The number of piperidine rings is 1. The molecule has 2 aromatic heterocycles. The van der Waals surface area contributed by atoms with E-state index in [2.05, 4.69) is 58.7 Å². The van der Waals surface area contributed by atoms with Crippen LogP contribution in [0.1, 0.15) is 61.3 Å². The molecule has 176 valence electrons. The number of pyridine rings is 1. The maximum atomic E-state index is 5.49. The number of imidazole rings is 1. The molecule has 5 rings (SSSR count). The standard InChI is InChI=1S/C27H37N5O/c1-21-9-8-14-28-26(21)24-12-7-13-25(30(24)2)27-29-22-10-3-4-11-23(22)32(27)16-6-5-15-31-17-19-33-20-18-31/h3-4,8-11,14,24-25H,5-7,12-13,15-20H2,1-2H3/t24-,25+/m0/s1. The number of benzene rings is 1. The minimum Gasteiger partial charge on any atom is -0.379 e. The highest BCUT2D eigenvalue weighted by molar-refractivity contribution is 5.76. The fourth-order valence-electron chi connectivity index (χ4n) is 5.63. The molecule has 2 fully saturated rings. The van der Waals surface area contributed by atoms with Crippen LogP contribution in [0.3, 0.4) is 0 Å². The number of hydrogen-bond donors (Lipinski definition) is 0. The topological polar surface area (TPSA) is 46.4 Å². The number of morpholine rings is 1. The van der Waals surface area contributed by atoms with Gasteiger partial charge in [-0.3, -0.25) is 14.8 Å². The van der Waals surface area contributed by atoms with E-state index in [4.69, 9.17) is 14.7 Å². The largest absolute Gasteiger partial charge is 0.379 e. The highest BCUT2D eigenvalue weighted by atomic mass is 16.5. The zero-order chi connectivity index (χ0) is 22.6. The summed E-state index contributed by atoms with van der Waals surface area (Å²) >= 11 is 0. The molecule has 3 aromatic rings. The summed E-state index contributed by atoms with van der Waals surface area (Å²) in [5.74, 6) is 1.23. The molecule has 0 amide bonds. The third kappa shape index (κ3) is 4.84. The number of rotatable bonds is 7. The lowest BCUT2D eigenvalue weighted by molar-refractivity contribution is 0.0370. The fourth-order valence-corrected chi connectivity index (χ4v) is 5.63. The number of fused-ring (bicyclic) bond motifs is 1. The third-order valence-corrected chi connectivity index (χ3v) is 7.50. The molecule has 0 saturated carbocycles. The summed E-state index contributed by atoms with van der Waals surface area (Å²) in [6.45, 7) is 8.26. The van der Waals surface area contributed by atoms with Crippen molar-refractivity contribution < 1.29 is 4.74 Å². The number of unbranched alkanes of at least 4 members (excludes halogenated alkanes) is 1. The van der Waals surface area contributed by atoms with E-state index in [9.17, 15) is 0 Å². The van der Waals surface area contributed by atoms with Crippen molar-refractivity contribution in [2.45, 2.75) is 57.7 Å². The first-order valence-electron chi connectivity index (χ1n) is 12.6. The van der Waals surface area contributed by atoms with Crippen molar-refractivity contribution in [1.82, 2.24) is 24.3 Å². The van der Waals surface area contributed by atoms with E-state index in [0.717, 1.165) is 57.8 Å². The van der Waals surface area contributed by atoms with Gasteiger partial charge < -0.3 is 9.30 Å². The Kier molecular flexibility index (Phi) is 7.04. The summed E-state index contributed by atoms with van der Waals surface area (Å²) in [5, 5.41) is 0. The van der Waals surface area contributed by atoms with Crippen LogP contribution in [0, 0.1) is 6.92 Å². The van der Waals surface area contributed by atoms with Gasteiger partial charge in [0, 0.05) is 25.8 Å². The van der Waals surface area contributed by atoms with Crippen LogP contribution >= 0.6 is 0 Å². The Bertz CT molecular complexity index is 1060. The van der Waals surface area contributed by atoms with Gasteiger partial charge in [0.25, 0.3) is 0 Å². The van der Waals surface area contributed by atoms with Crippen LogP contribution < -0.4 is 0 Å². The summed E-state index contributed by atoms with van der Waals surface area (Å²) in [6.07, 6.45) is 7.83. The van der Waals surface area contributed by atoms with Gasteiger partial charge in [-0.15, -0.1) is 0 Å². The van der Waals surface area contributed by atoms with Crippen LogP contribution in [-0.4, -0.2) is 64.2 Å². The van der Waals surface area contributed by atoms with Gasteiger partial charge in [0.05, 0.1) is 42.0 Å². The highest BCUT2D eigenvalue weighted by Gasteiger charge is 2.34. The maximum Gasteiger partial charge on any atom is 0.127 e. The van der Waals surface area contributed by atoms with Crippen molar-refractivity contribution in [3.63, 3.8) is 0 Å². The lowest BCUT2D eigenvalue weighted by Gasteiger charge is -2.39. The van der Waals surface area contributed by atoms with Crippen LogP contribution in [0.25, 0.3) is 11.0 Å². The SMILES string of the molecule is Cc1cccnc1[C@@H]1CCC[C@H](c2nc3ccccc3n2CCCCN2CCOCC2)N1C. The first-order chi connectivity index (χ1) is 16.2. The first kappa shape index (κ1) is 22.5. The predicted molar refractivity (Wildman–Crippen MR) is 132 cm³/mol. The Labute approximate surface area is 197 Å². The number of aromatic nitrogens is 3. The van der Waals surface area contributed by atoms with Crippen LogP contribution in [-0.2, 0) is 11.3 Å². The van der Waals surface area contributed by atoms with Crippen LogP contribution in [0.15, 0.2) is 42.6 Å². The number of hydrogen-bond acceptors (Lipinski definition) is 5. The molecule has 0 aliphatic carbocycles. The highest BCUT2D eigenvalue weighted by Crippen LogP contribution is 2.41. The average Bonchev–Trinajstić information content (AvgIpc) is 3.21. The molecule has 4 heterocycles. The van der Waals surface area contributed by atoms with Crippen molar-refractivity contribution in [3.8, 4) is 0 Å². The molecular weight excluding hydrogens is 410 g/mol.